The summed E-state index contributed by atoms with van der Waals surface area (Å²) in [6, 6.07) is 8.12. The summed E-state index contributed by atoms with van der Waals surface area (Å²) in [7, 11) is 0. The number of rotatable bonds is 9. The zero-order valence-electron chi connectivity index (χ0n) is 18.4. The summed E-state index contributed by atoms with van der Waals surface area (Å²) in [4.78, 5) is 36.5. The van der Waals surface area contributed by atoms with Crippen molar-refractivity contribution in [3.63, 3.8) is 0 Å². The van der Waals surface area contributed by atoms with Crippen LogP contribution in [0.4, 0.5) is 5.69 Å². The average molecular weight is 523 g/mol. The second-order valence-electron chi connectivity index (χ2n) is 7.63. The number of nitrogens with two attached hydrogens (primary N) is 1. The van der Waals surface area contributed by atoms with Crippen molar-refractivity contribution in [1.29, 1.82) is 5.41 Å². The summed E-state index contributed by atoms with van der Waals surface area (Å²) in [5.74, 6) is -2.13. The van der Waals surface area contributed by atoms with Crippen molar-refractivity contribution in [2.75, 3.05) is 25.0 Å². The van der Waals surface area contributed by atoms with Gasteiger partial charge in [0.05, 0.1) is 28.8 Å². The van der Waals surface area contributed by atoms with Gasteiger partial charge in [0.2, 0.25) is 5.91 Å². The minimum absolute atomic E-state index is 0.0492. The van der Waals surface area contributed by atoms with Gasteiger partial charge in [-0.1, -0.05) is 29.3 Å². The van der Waals surface area contributed by atoms with E-state index in [1.165, 1.54) is 12.1 Å². The van der Waals surface area contributed by atoms with Crippen LogP contribution in [0.1, 0.15) is 28.4 Å². The first-order chi connectivity index (χ1) is 16.7. The summed E-state index contributed by atoms with van der Waals surface area (Å²) >= 11 is 12.0. The monoisotopic (exact) mass is 522 g/mol. The van der Waals surface area contributed by atoms with E-state index in [1.54, 1.807) is 24.3 Å². The lowest BCUT2D eigenvalue weighted by Gasteiger charge is -2.27. The van der Waals surface area contributed by atoms with E-state index in [4.69, 9.17) is 39.1 Å². The minimum atomic E-state index is -1.40. The smallest absolute Gasteiger partial charge is 0.328 e. The van der Waals surface area contributed by atoms with Crippen LogP contribution in [-0.4, -0.2) is 54.6 Å². The summed E-state index contributed by atoms with van der Waals surface area (Å²) in [5, 5.41) is 27.6. The average Bonchev–Trinajstić information content (AvgIpc) is 2.79. The van der Waals surface area contributed by atoms with Crippen molar-refractivity contribution in [3.05, 3.63) is 57.6 Å². The molecule has 2 amide bonds. The maximum Gasteiger partial charge on any atom is 0.328 e. The molecule has 1 heterocycles. The van der Waals surface area contributed by atoms with Crippen LogP contribution < -0.4 is 31.7 Å². The number of aliphatic carboxylic acids is 1. The lowest BCUT2D eigenvalue weighted by Crippen LogP contribution is -2.49. The van der Waals surface area contributed by atoms with E-state index in [1.807, 2.05) is 0 Å². The van der Waals surface area contributed by atoms with E-state index < -0.39 is 23.8 Å². The fourth-order valence-corrected chi connectivity index (χ4v) is 4.05. The van der Waals surface area contributed by atoms with Gasteiger partial charge in [-0.3, -0.25) is 15.0 Å². The topological polar surface area (TPSA) is 179 Å². The van der Waals surface area contributed by atoms with Crippen LogP contribution >= 0.6 is 23.2 Å². The predicted octanol–water partition coefficient (Wildman–Crippen LogP) is 1.71. The molecule has 1 aliphatic heterocycles. The molecule has 0 aromatic heterocycles. The van der Waals surface area contributed by atoms with E-state index in [0.717, 1.165) is 5.56 Å². The highest BCUT2D eigenvalue weighted by molar-refractivity contribution is 6.39. The predicted molar refractivity (Wildman–Crippen MR) is 131 cm³/mol. The van der Waals surface area contributed by atoms with Crippen molar-refractivity contribution in [2.24, 2.45) is 5.73 Å². The first kappa shape index (κ1) is 26.1. The lowest BCUT2D eigenvalue weighted by molar-refractivity contribution is -0.139. The first-order valence-corrected chi connectivity index (χ1v) is 11.3. The molecule has 2 atom stereocenters. The van der Waals surface area contributed by atoms with Crippen molar-refractivity contribution < 1.29 is 24.2 Å². The number of anilines is 1. The Kier molecular flexibility index (Phi) is 8.74. The number of guanidine groups is 1. The molecule has 3 rings (SSSR count). The van der Waals surface area contributed by atoms with Gasteiger partial charge in [-0.2, -0.15) is 0 Å². The fourth-order valence-electron chi connectivity index (χ4n) is 3.48. The molecule has 13 heteroatoms. The molecule has 0 fully saturated rings. The Morgan fingerprint density at radius 3 is 2.57 bits per heavy atom. The van der Waals surface area contributed by atoms with Gasteiger partial charge < -0.3 is 36.8 Å². The second kappa shape index (κ2) is 11.7. The van der Waals surface area contributed by atoms with E-state index in [-0.39, 0.29) is 40.7 Å². The molecule has 0 saturated carbocycles. The molecular weight excluding hydrogens is 499 g/mol. The number of amides is 2. The molecule has 2 aromatic carbocycles. The van der Waals surface area contributed by atoms with Gasteiger partial charge in [-0.05, 0) is 30.3 Å². The van der Waals surface area contributed by atoms with Crippen molar-refractivity contribution >= 4 is 52.6 Å². The summed E-state index contributed by atoms with van der Waals surface area (Å²) in [6.07, 6.45) is 0.593. The van der Waals surface area contributed by atoms with Crippen LogP contribution in [0.25, 0.3) is 0 Å². The number of hydrogen-bond donors (Lipinski definition) is 7. The number of halogens is 2. The molecule has 0 radical (unpaired) electrons. The molecule has 186 valence electrons. The Hall–Kier alpha value is -3.54. The van der Waals surface area contributed by atoms with Crippen LogP contribution in [0.2, 0.25) is 10.0 Å². The normalized spacial score (nSPS) is 15.2. The molecule has 0 aliphatic carbocycles. The highest BCUT2D eigenvalue weighted by Crippen LogP contribution is 2.34. The molecule has 2 unspecified atom stereocenters. The van der Waals surface area contributed by atoms with E-state index >= 15 is 0 Å². The van der Waals surface area contributed by atoms with Gasteiger partial charge in [0.15, 0.2) is 5.96 Å². The summed E-state index contributed by atoms with van der Waals surface area (Å²) in [6.45, 7) is -0.00467. The van der Waals surface area contributed by atoms with Crippen LogP contribution in [0, 0.1) is 5.41 Å². The first-order valence-electron chi connectivity index (χ1n) is 10.5. The zero-order chi connectivity index (χ0) is 25.5. The highest BCUT2D eigenvalue weighted by atomic mass is 35.5. The van der Waals surface area contributed by atoms with Crippen molar-refractivity contribution in [3.8, 4) is 5.75 Å². The van der Waals surface area contributed by atoms with Crippen molar-refractivity contribution in [2.45, 2.75) is 18.5 Å². The number of ether oxygens (including phenoxy) is 1. The van der Waals surface area contributed by atoms with E-state index in [0.29, 0.717) is 24.5 Å². The molecule has 35 heavy (non-hydrogen) atoms. The number of nitrogens with one attached hydrogen (secondary N) is 5. The number of carbonyl (C=O) groups excluding carboxylic acids is 2. The van der Waals surface area contributed by atoms with Crippen molar-refractivity contribution in [1.82, 2.24) is 16.0 Å². The summed E-state index contributed by atoms with van der Waals surface area (Å²) < 4.78 is 5.64. The molecule has 8 N–H and O–H groups in total. The highest BCUT2D eigenvalue weighted by Gasteiger charge is 2.25. The third-order valence-corrected chi connectivity index (χ3v) is 5.76. The molecule has 0 bridgehead atoms. The van der Waals surface area contributed by atoms with Gasteiger partial charge in [-0.25, -0.2) is 4.79 Å². The lowest BCUT2D eigenvalue weighted by atomic mass is 10.00. The molecule has 0 saturated heterocycles. The van der Waals surface area contributed by atoms with Crippen LogP contribution in [0.15, 0.2) is 36.4 Å². The largest absolute Gasteiger partial charge is 0.493 e. The van der Waals surface area contributed by atoms with Crippen LogP contribution in [0.3, 0.4) is 0 Å². The second-order valence-corrected chi connectivity index (χ2v) is 8.44. The Morgan fingerprint density at radius 2 is 1.91 bits per heavy atom. The van der Waals surface area contributed by atoms with E-state index in [9.17, 15) is 19.5 Å². The third kappa shape index (κ3) is 6.98. The molecule has 11 nitrogen and oxygen atoms in total. The van der Waals surface area contributed by atoms with Gasteiger partial charge in [-0.15, -0.1) is 0 Å². The number of hydrogen-bond acceptors (Lipinski definition) is 6. The SMILES string of the molecule is N=C(N)Nc1ccc2c(c1)C(NCC(=O)NCC(NC(=O)c1c(Cl)cccc1Cl)C(=O)O)CCO2. The maximum atomic E-state index is 12.5. The number of benzene rings is 2. The van der Waals surface area contributed by atoms with Gasteiger partial charge in [0.1, 0.15) is 11.8 Å². The number of carbonyl (C=O) groups is 3. The standard InChI is InChI=1S/C22H24Cl2N6O5/c23-13-2-1-3-14(24)19(13)20(32)30-16(21(33)34)9-28-18(31)10-27-15-6-7-35-17-5-4-11(8-12(15)17)29-22(25)26/h1-5,8,15-16,27H,6-7,9-10H2,(H,28,31)(H,30,32)(H,33,34)(H4,25,26,29). The van der Waals surface area contributed by atoms with Gasteiger partial charge >= 0.3 is 5.97 Å². The quantitative estimate of drug-likeness (QED) is 0.192. The minimum Gasteiger partial charge on any atom is -0.493 e. The van der Waals surface area contributed by atoms with Crippen LogP contribution in [0.5, 0.6) is 5.75 Å². The molecule has 1 aliphatic rings. The van der Waals surface area contributed by atoms with Crippen LogP contribution in [-0.2, 0) is 9.59 Å². The Bertz CT molecular complexity index is 1130. The number of carboxylic acids is 1. The molecular formula is C22H24Cl2N6O5. The Morgan fingerprint density at radius 1 is 1.20 bits per heavy atom. The number of carboxylic acid groups (broad SMARTS) is 1. The number of fused-ring (bicyclic) bond motifs is 1. The summed E-state index contributed by atoms with van der Waals surface area (Å²) in [5.41, 5.74) is 6.73. The third-order valence-electron chi connectivity index (χ3n) is 5.13. The maximum absolute atomic E-state index is 12.5. The fraction of sp³-hybridized carbons (Fsp3) is 0.273. The Balaban J connectivity index is 1.56. The Labute approximate surface area is 210 Å². The zero-order valence-corrected chi connectivity index (χ0v) is 19.9. The molecule has 2 aromatic rings. The van der Waals surface area contributed by atoms with Gasteiger partial charge in [0, 0.05) is 30.3 Å². The molecule has 0 spiro atoms. The van der Waals surface area contributed by atoms with Gasteiger partial charge in [0.25, 0.3) is 5.91 Å². The van der Waals surface area contributed by atoms with E-state index in [2.05, 4.69) is 21.3 Å².